The topological polar surface area (TPSA) is 29.9 Å². The Morgan fingerprint density at radius 3 is 2.50 bits per heavy atom. The summed E-state index contributed by atoms with van der Waals surface area (Å²) in [7, 11) is 2.00. The molecule has 0 aliphatic heterocycles. The highest BCUT2D eigenvalue weighted by atomic mass is 15.3. The highest BCUT2D eigenvalue weighted by molar-refractivity contribution is 5.15. The monoisotopic (exact) mass is 271 g/mol. The predicted molar refractivity (Wildman–Crippen MR) is 83.8 cm³/mol. The fourth-order valence-corrected chi connectivity index (χ4v) is 2.37. The minimum absolute atomic E-state index is 0.161. The summed E-state index contributed by atoms with van der Waals surface area (Å²) in [4.78, 5) is 0. The molecule has 3 nitrogen and oxygen atoms in total. The van der Waals surface area contributed by atoms with E-state index in [-0.39, 0.29) is 5.54 Å². The number of aromatic nitrogens is 2. The molecular formula is C17H25N3. The van der Waals surface area contributed by atoms with E-state index in [1.54, 1.807) is 0 Å². The Labute approximate surface area is 122 Å². The van der Waals surface area contributed by atoms with Gasteiger partial charge >= 0.3 is 0 Å². The summed E-state index contributed by atoms with van der Waals surface area (Å²) in [6.07, 6.45) is 5.14. The van der Waals surface area contributed by atoms with Crippen molar-refractivity contribution in [2.75, 3.05) is 6.54 Å². The average Bonchev–Trinajstić information content (AvgIpc) is 2.83. The molecule has 0 aliphatic carbocycles. The van der Waals surface area contributed by atoms with E-state index in [2.05, 4.69) is 60.7 Å². The molecule has 0 spiro atoms. The van der Waals surface area contributed by atoms with Crippen molar-refractivity contribution >= 4 is 0 Å². The zero-order chi connectivity index (χ0) is 14.4. The van der Waals surface area contributed by atoms with Crippen LogP contribution in [0.25, 0.3) is 0 Å². The molecule has 1 aromatic carbocycles. The van der Waals surface area contributed by atoms with Crippen LogP contribution in [0.3, 0.4) is 0 Å². The lowest BCUT2D eigenvalue weighted by atomic mass is 9.95. The van der Waals surface area contributed by atoms with Gasteiger partial charge in [0.15, 0.2) is 0 Å². The lowest BCUT2D eigenvalue weighted by molar-refractivity contribution is 0.364. The summed E-state index contributed by atoms with van der Waals surface area (Å²) in [5.41, 5.74) is 2.85. The van der Waals surface area contributed by atoms with E-state index in [9.17, 15) is 0 Å². The Kier molecular flexibility index (Phi) is 4.96. The van der Waals surface area contributed by atoms with Crippen LogP contribution in [0.2, 0.25) is 0 Å². The summed E-state index contributed by atoms with van der Waals surface area (Å²) in [6, 6.07) is 12.8. The third-order valence-corrected chi connectivity index (χ3v) is 3.79. The molecule has 0 radical (unpaired) electrons. The van der Waals surface area contributed by atoms with Gasteiger partial charge < -0.3 is 5.32 Å². The molecule has 0 fully saturated rings. The normalized spacial score (nSPS) is 11.8. The molecule has 0 saturated heterocycles. The Hall–Kier alpha value is -1.61. The first-order chi connectivity index (χ1) is 9.57. The van der Waals surface area contributed by atoms with Gasteiger partial charge in [-0.2, -0.15) is 5.10 Å². The van der Waals surface area contributed by atoms with Crippen molar-refractivity contribution in [2.45, 2.75) is 38.6 Å². The van der Waals surface area contributed by atoms with Crippen LogP contribution in [-0.4, -0.2) is 21.9 Å². The zero-order valence-electron chi connectivity index (χ0n) is 12.8. The van der Waals surface area contributed by atoms with Crippen molar-refractivity contribution in [1.29, 1.82) is 0 Å². The fourth-order valence-electron chi connectivity index (χ4n) is 2.37. The maximum absolute atomic E-state index is 4.20. The van der Waals surface area contributed by atoms with E-state index < -0.39 is 0 Å². The summed E-state index contributed by atoms with van der Waals surface area (Å²) < 4.78 is 1.94. The van der Waals surface area contributed by atoms with Crippen LogP contribution in [0.1, 0.15) is 31.5 Å². The van der Waals surface area contributed by atoms with Crippen LogP contribution in [0.4, 0.5) is 0 Å². The van der Waals surface area contributed by atoms with E-state index in [0.29, 0.717) is 0 Å². The number of hydrogen-bond donors (Lipinski definition) is 1. The standard InChI is InChI=1S/C17H25N3/c1-17(2,12-9-15-7-5-4-6-8-15)18-13-10-16-11-14-19-20(16)3/h4-8,11,14,18H,9-10,12-13H2,1-3H3. The van der Waals surface area contributed by atoms with Gasteiger partial charge in [0.1, 0.15) is 0 Å². The molecule has 0 unspecified atom stereocenters. The second-order valence-electron chi connectivity index (χ2n) is 5.99. The van der Waals surface area contributed by atoms with Crippen molar-refractivity contribution in [3.63, 3.8) is 0 Å². The van der Waals surface area contributed by atoms with Crippen molar-refractivity contribution in [3.05, 3.63) is 53.9 Å². The minimum atomic E-state index is 0.161. The van der Waals surface area contributed by atoms with Gasteiger partial charge in [-0.25, -0.2) is 0 Å². The van der Waals surface area contributed by atoms with Crippen LogP contribution in [-0.2, 0) is 19.9 Å². The Balaban J connectivity index is 1.75. The Morgan fingerprint density at radius 2 is 1.85 bits per heavy atom. The second-order valence-corrected chi connectivity index (χ2v) is 5.99. The van der Waals surface area contributed by atoms with Gasteiger partial charge in [-0.15, -0.1) is 0 Å². The third kappa shape index (κ3) is 4.49. The van der Waals surface area contributed by atoms with Crippen LogP contribution < -0.4 is 5.32 Å². The first-order valence-corrected chi connectivity index (χ1v) is 7.33. The first-order valence-electron chi connectivity index (χ1n) is 7.33. The number of benzene rings is 1. The molecule has 0 atom stereocenters. The van der Waals surface area contributed by atoms with E-state index in [1.165, 1.54) is 11.3 Å². The largest absolute Gasteiger partial charge is 0.311 e. The Morgan fingerprint density at radius 1 is 1.10 bits per heavy atom. The highest BCUT2D eigenvalue weighted by Crippen LogP contribution is 2.13. The summed E-state index contributed by atoms with van der Waals surface area (Å²) >= 11 is 0. The molecule has 3 heteroatoms. The van der Waals surface area contributed by atoms with Gasteiger partial charge in [-0.1, -0.05) is 30.3 Å². The number of rotatable bonds is 7. The molecule has 2 rings (SSSR count). The second kappa shape index (κ2) is 6.71. The summed E-state index contributed by atoms with van der Waals surface area (Å²) in [5, 5.41) is 7.85. The molecule has 0 saturated carbocycles. The number of nitrogens with zero attached hydrogens (tertiary/aromatic N) is 2. The summed E-state index contributed by atoms with van der Waals surface area (Å²) in [5.74, 6) is 0. The average molecular weight is 271 g/mol. The van der Waals surface area contributed by atoms with Crippen molar-refractivity contribution in [2.24, 2.45) is 7.05 Å². The van der Waals surface area contributed by atoms with Gasteiger partial charge in [-0.05, 0) is 38.3 Å². The van der Waals surface area contributed by atoms with E-state index in [0.717, 1.165) is 25.8 Å². The lowest BCUT2D eigenvalue weighted by Crippen LogP contribution is -2.40. The lowest BCUT2D eigenvalue weighted by Gasteiger charge is -2.26. The molecule has 0 amide bonds. The van der Waals surface area contributed by atoms with Gasteiger partial charge in [0, 0.05) is 37.4 Å². The molecule has 20 heavy (non-hydrogen) atoms. The van der Waals surface area contributed by atoms with Gasteiger partial charge in [0.05, 0.1) is 0 Å². The van der Waals surface area contributed by atoms with E-state index in [1.807, 2.05) is 17.9 Å². The van der Waals surface area contributed by atoms with Crippen LogP contribution in [0, 0.1) is 0 Å². The predicted octanol–water partition coefficient (Wildman–Crippen LogP) is 2.96. The molecule has 108 valence electrons. The molecule has 1 aromatic heterocycles. The number of aryl methyl sites for hydroxylation is 2. The van der Waals surface area contributed by atoms with Gasteiger partial charge in [0.2, 0.25) is 0 Å². The highest BCUT2D eigenvalue weighted by Gasteiger charge is 2.16. The molecule has 1 N–H and O–H groups in total. The van der Waals surface area contributed by atoms with Gasteiger partial charge in [0.25, 0.3) is 0 Å². The van der Waals surface area contributed by atoms with Crippen LogP contribution in [0.5, 0.6) is 0 Å². The van der Waals surface area contributed by atoms with Crippen molar-refractivity contribution < 1.29 is 0 Å². The molecule has 0 bridgehead atoms. The summed E-state index contributed by atoms with van der Waals surface area (Å²) in [6.45, 7) is 5.54. The van der Waals surface area contributed by atoms with Crippen LogP contribution >= 0.6 is 0 Å². The van der Waals surface area contributed by atoms with Gasteiger partial charge in [-0.3, -0.25) is 4.68 Å². The first kappa shape index (κ1) is 14.8. The van der Waals surface area contributed by atoms with E-state index >= 15 is 0 Å². The SMILES string of the molecule is Cn1nccc1CCNC(C)(C)CCc1ccccc1. The van der Waals surface area contributed by atoms with Crippen molar-refractivity contribution in [3.8, 4) is 0 Å². The van der Waals surface area contributed by atoms with Crippen molar-refractivity contribution in [1.82, 2.24) is 15.1 Å². The Bertz CT molecular complexity index is 514. The molecule has 0 aliphatic rings. The fraction of sp³-hybridized carbons (Fsp3) is 0.471. The number of hydrogen-bond acceptors (Lipinski definition) is 2. The van der Waals surface area contributed by atoms with Crippen LogP contribution in [0.15, 0.2) is 42.6 Å². The molecular weight excluding hydrogens is 246 g/mol. The third-order valence-electron chi connectivity index (χ3n) is 3.79. The zero-order valence-corrected chi connectivity index (χ0v) is 12.8. The maximum Gasteiger partial charge on any atom is 0.0492 e. The smallest absolute Gasteiger partial charge is 0.0492 e. The maximum atomic E-state index is 4.20. The minimum Gasteiger partial charge on any atom is -0.311 e. The van der Waals surface area contributed by atoms with E-state index in [4.69, 9.17) is 0 Å². The number of nitrogens with one attached hydrogen (secondary N) is 1. The molecule has 2 aromatic rings. The quantitative estimate of drug-likeness (QED) is 0.839. The molecule has 1 heterocycles.